The summed E-state index contributed by atoms with van der Waals surface area (Å²) in [5, 5.41) is 10.5. The highest BCUT2D eigenvalue weighted by Gasteiger charge is 2.10. The molecule has 0 amide bonds. The Morgan fingerprint density at radius 2 is 2.21 bits per heavy atom. The smallest absolute Gasteiger partial charge is 0.117 e. The van der Waals surface area contributed by atoms with Crippen molar-refractivity contribution in [3.8, 4) is 17.0 Å². The average Bonchev–Trinajstić information content (AvgIpc) is 2.82. The van der Waals surface area contributed by atoms with E-state index in [9.17, 15) is 5.11 Å². The Kier molecular flexibility index (Phi) is 2.68. The molecular formula is C14H14N4O. The van der Waals surface area contributed by atoms with Crippen molar-refractivity contribution in [1.82, 2.24) is 15.0 Å². The van der Waals surface area contributed by atoms with E-state index in [0.717, 1.165) is 33.5 Å². The summed E-state index contributed by atoms with van der Waals surface area (Å²) >= 11 is 0. The van der Waals surface area contributed by atoms with Crippen molar-refractivity contribution in [2.45, 2.75) is 13.5 Å². The minimum atomic E-state index is 0.235. The molecule has 3 aromatic rings. The Morgan fingerprint density at radius 3 is 3.00 bits per heavy atom. The van der Waals surface area contributed by atoms with Crippen LogP contribution in [0.4, 0.5) is 0 Å². The number of nitrogens with one attached hydrogen (secondary N) is 1. The summed E-state index contributed by atoms with van der Waals surface area (Å²) in [5.74, 6) is 0.235. The summed E-state index contributed by atoms with van der Waals surface area (Å²) in [4.78, 5) is 12.0. The number of aromatic nitrogens is 3. The van der Waals surface area contributed by atoms with Crippen LogP contribution in [0.15, 0.2) is 30.6 Å². The largest absolute Gasteiger partial charge is 0.508 e. The highest BCUT2D eigenvalue weighted by molar-refractivity contribution is 5.95. The molecule has 0 radical (unpaired) electrons. The van der Waals surface area contributed by atoms with E-state index < -0.39 is 0 Å². The zero-order valence-electron chi connectivity index (χ0n) is 10.5. The topological polar surface area (TPSA) is 87.8 Å². The van der Waals surface area contributed by atoms with Crippen LogP contribution in [-0.4, -0.2) is 20.1 Å². The SMILES string of the molecule is Cc1ncc(-c2c[nH]c3cc(O)ccc23)nc1CN. The number of aromatic hydroxyl groups is 1. The second-order valence-electron chi connectivity index (χ2n) is 4.42. The first-order valence-corrected chi connectivity index (χ1v) is 6.02. The Balaban J connectivity index is 2.19. The van der Waals surface area contributed by atoms with Crippen molar-refractivity contribution in [2.75, 3.05) is 0 Å². The maximum atomic E-state index is 9.46. The number of aromatic amines is 1. The van der Waals surface area contributed by atoms with Gasteiger partial charge in [-0.1, -0.05) is 0 Å². The molecule has 2 heterocycles. The van der Waals surface area contributed by atoms with Crippen LogP contribution in [0, 0.1) is 6.92 Å². The van der Waals surface area contributed by atoms with Crippen molar-refractivity contribution >= 4 is 10.9 Å². The third-order valence-electron chi connectivity index (χ3n) is 3.19. The number of rotatable bonds is 2. The van der Waals surface area contributed by atoms with Crippen LogP contribution in [0.3, 0.4) is 0 Å². The molecule has 19 heavy (non-hydrogen) atoms. The quantitative estimate of drug-likeness (QED) is 0.653. The van der Waals surface area contributed by atoms with Crippen LogP contribution < -0.4 is 5.73 Å². The molecular weight excluding hydrogens is 240 g/mol. The van der Waals surface area contributed by atoms with Gasteiger partial charge in [-0.2, -0.15) is 0 Å². The Bertz CT molecular complexity index is 748. The maximum Gasteiger partial charge on any atom is 0.117 e. The van der Waals surface area contributed by atoms with Gasteiger partial charge in [0.25, 0.3) is 0 Å². The van der Waals surface area contributed by atoms with E-state index in [4.69, 9.17) is 5.73 Å². The fraction of sp³-hybridized carbons (Fsp3) is 0.143. The van der Waals surface area contributed by atoms with Crippen LogP contribution >= 0.6 is 0 Å². The molecule has 96 valence electrons. The van der Waals surface area contributed by atoms with Gasteiger partial charge in [-0.25, -0.2) is 4.98 Å². The third-order valence-corrected chi connectivity index (χ3v) is 3.19. The number of nitrogens with zero attached hydrogens (tertiary/aromatic N) is 2. The van der Waals surface area contributed by atoms with Crippen molar-refractivity contribution in [3.63, 3.8) is 0 Å². The molecule has 0 saturated heterocycles. The second-order valence-corrected chi connectivity index (χ2v) is 4.42. The number of phenolic OH excluding ortho intramolecular Hbond substituents is 1. The first-order chi connectivity index (χ1) is 9.19. The summed E-state index contributed by atoms with van der Waals surface area (Å²) in [7, 11) is 0. The predicted octanol–water partition coefficient (Wildman–Crippen LogP) is 2.10. The highest BCUT2D eigenvalue weighted by atomic mass is 16.3. The normalized spacial score (nSPS) is 11.1. The van der Waals surface area contributed by atoms with E-state index in [2.05, 4.69) is 15.0 Å². The number of hydrogen-bond donors (Lipinski definition) is 3. The van der Waals surface area contributed by atoms with Gasteiger partial charge in [0, 0.05) is 35.3 Å². The van der Waals surface area contributed by atoms with Crippen LogP contribution in [0.1, 0.15) is 11.4 Å². The van der Waals surface area contributed by atoms with Crippen LogP contribution in [0.5, 0.6) is 5.75 Å². The van der Waals surface area contributed by atoms with Crippen molar-refractivity contribution in [3.05, 3.63) is 42.0 Å². The minimum Gasteiger partial charge on any atom is -0.508 e. The molecule has 2 aromatic heterocycles. The standard InChI is InChI=1S/C14H14N4O/c1-8-13(5-15)18-14(7-16-8)11-6-17-12-4-9(19)2-3-10(11)12/h2-4,6-7,17,19H,5,15H2,1H3. The highest BCUT2D eigenvalue weighted by Crippen LogP contribution is 2.29. The molecule has 3 rings (SSSR count). The van der Waals surface area contributed by atoms with Gasteiger partial charge < -0.3 is 15.8 Å². The summed E-state index contributed by atoms with van der Waals surface area (Å²) in [5.41, 5.74) is 9.91. The number of benzene rings is 1. The summed E-state index contributed by atoms with van der Waals surface area (Å²) in [6.45, 7) is 2.27. The number of hydrogen-bond acceptors (Lipinski definition) is 4. The molecule has 0 aliphatic rings. The van der Waals surface area contributed by atoms with Crippen molar-refractivity contribution in [1.29, 1.82) is 0 Å². The fourth-order valence-electron chi connectivity index (χ4n) is 2.14. The van der Waals surface area contributed by atoms with E-state index in [1.165, 1.54) is 0 Å². The van der Waals surface area contributed by atoms with Gasteiger partial charge >= 0.3 is 0 Å². The van der Waals surface area contributed by atoms with Crippen LogP contribution in [-0.2, 0) is 6.54 Å². The zero-order chi connectivity index (χ0) is 13.4. The van der Waals surface area contributed by atoms with Gasteiger partial charge in [-0.3, -0.25) is 4.98 Å². The average molecular weight is 254 g/mol. The summed E-state index contributed by atoms with van der Waals surface area (Å²) in [6, 6.07) is 5.20. The number of nitrogens with two attached hydrogens (primary N) is 1. The molecule has 0 unspecified atom stereocenters. The van der Waals surface area contributed by atoms with Gasteiger partial charge in [0.15, 0.2) is 0 Å². The molecule has 0 aliphatic heterocycles. The lowest BCUT2D eigenvalue weighted by Crippen LogP contribution is -2.04. The predicted molar refractivity (Wildman–Crippen MR) is 73.6 cm³/mol. The first-order valence-electron chi connectivity index (χ1n) is 6.02. The van der Waals surface area contributed by atoms with E-state index >= 15 is 0 Å². The van der Waals surface area contributed by atoms with E-state index in [0.29, 0.717) is 6.54 Å². The molecule has 4 N–H and O–H groups in total. The van der Waals surface area contributed by atoms with Gasteiger partial charge in [0.1, 0.15) is 5.75 Å². The van der Waals surface area contributed by atoms with Gasteiger partial charge in [-0.05, 0) is 19.1 Å². The fourth-order valence-corrected chi connectivity index (χ4v) is 2.14. The lowest BCUT2D eigenvalue weighted by molar-refractivity contribution is 0.476. The monoisotopic (exact) mass is 254 g/mol. The summed E-state index contributed by atoms with van der Waals surface area (Å²) in [6.07, 6.45) is 3.60. The molecule has 0 atom stereocenters. The molecule has 5 heteroatoms. The molecule has 0 spiro atoms. The molecule has 0 saturated carbocycles. The van der Waals surface area contributed by atoms with Crippen molar-refractivity contribution < 1.29 is 5.11 Å². The first kappa shape index (κ1) is 11.7. The molecule has 0 fully saturated rings. The lowest BCUT2D eigenvalue weighted by Gasteiger charge is -2.04. The minimum absolute atomic E-state index is 0.235. The van der Waals surface area contributed by atoms with E-state index in [1.54, 1.807) is 18.3 Å². The Morgan fingerprint density at radius 1 is 1.37 bits per heavy atom. The van der Waals surface area contributed by atoms with Gasteiger partial charge in [0.2, 0.25) is 0 Å². The molecule has 5 nitrogen and oxygen atoms in total. The second kappa shape index (κ2) is 4.37. The van der Waals surface area contributed by atoms with E-state index in [1.807, 2.05) is 19.2 Å². The molecule has 0 aliphatic carbocycles. The number of aryl methyl sites for hydroxylation is 1. The number of phenols is 1. The Hall–Kier alpha value is -2.40. The van der Waals surface area contributed by atoms with Gasteiger partial charge in [-0.15, -0.1) is 0 Å². The van der Waals surface area contributed by atoms with Crippen LogP contribution in [0.25, 0.3) is 22.2 Å². The third kappa shape index (κ3) is 1.94. The lowest BCUT2D eigenvalue weighted by atomic mass is 10.1. The number of H-pyrrole nitrogens is 1. The molecule has 0 bridgehead atoms. The van der Waals surface area contributed by atoms with Crippen LogP contribution in [0.2, 0.25) is 0 Å². The zero-order valence-corrected chi connectivity index (χ0v) is 10.5. The summed E-state index contributed by atoms with van der Waals surface area (Å²) < 4.78 is 0. The van der Waals surface area contributed by atoms with E-state index in [-0.39, 0.29) is 5.75 Å². The van der Waals surface area contributed by atoms with Crippen molar-refractivity contribution in [2.24, 2.45) is 5.73 Å². The maximum absolute atomic E-state index is 9.46. The van der Waals surface area contributed by atoms with Gasteiger partial charge in [0.05, 0.1) is 23.3 Å². The molecule has 1 aromatic carbocycles. The number of fused-ring (bicyclic) bond motifs is 1. The Labute approximate surface area is 110 Å².